The minimum atomic E-state index is -1.46. The van der Waals surface area contributed by atoms with Gasteiger partial charge in [-0.25, -0.2) is 9.67 Å². The van der Waals surface area contributed by atoms with Gasteiger partial charge in [0.15, 0.2) is 18.2 Å². The summed E-state index contributed by atoms with van der Waals surface area (Å²) in [6, 6.07) is 0. The number of hydrogen-bond donors (Lipinski definition) is 4. The summed E-state index contributed by atoms with van der Waals surface area (Å²) in [5.41, 5.74) is 5.32. The van der Waals surface area contributed by atoms with E-state index in [1.165, 1.54) is 23.1 Å². The Morgan fingerprint density at radius 2 is 2.26 bits per heavy atom. The lowest BCUT2D eigenvalue weighted by atomic mass is 10.1. The van der Waals surface area contributed by atoms with Crippen molar-refractivity contribution in [3.05, 3.63) is 12.2 Å². The molecule has 0 bridgehead atoms. The van der Waals surface area contributed by atoms with Crippen LogP contribution in [0.3, 0.4) is 0 Å². The van der Waals surface area contributed by atoms with Gasteiger partial charge < -0.3 is 24.9 Å². The number of ether oxygens (including phenoxy) is 1. The van der Waals surface area contributed by atoms with E-state index < -0.39 is 32.3 Å². The molecule has 1 fully saturated rings. The number of nitrogens with zero attached hydrogens (tertiary/aromatic N) is 3. The van der Waals surface area contributed by atoms with Gasteiger partial charge in [-0.1, -0.05) is 4.57 Å². The number of aliphatic hydroxyl groups is 2. The number of aromatic nitrogens is 3. The molecule has 0 amide bonds. The molecule has 0 saturated carbocycles. The Kier molecular flexibility index (Phi) is 10.1. The van der Waals surface area contributed by atoms with Crippen molar-refractivity contribution in [3.8, 4) is 0 Å². The molecule has 5 N–H and O–H groups in total. The lowest BCUT2D eigenvalue weighted by Gasteiger charge is -2.13. The molecule has 13 heteroatoms. The molecule has 1 aliphatic rings. The van der Waals surface area contributed by atoms with Crippen molar-refractivity contribution in [1.82, 2.24) is 14.8 Å². The zero-order chi connectivity index (χ0) is 19.3. The van der Waals surface area contributed by atoms with Crippen LogP contribution in [-0.2, 0) is 13.5 Å². The van der Waals surface area contributed by atoms with E-state index in [0.29, 0.717) is 25.4 Å². The Labute approximate surface area is 169 Å². The second-order valence-electron chi connectivity index (χ2n) is 6.00. The van der Waals surface area contributed by atoms with Crippen LogP contribution in [0.15, 0.2) is 6.33 Å². The first-order valence-electron chi connectivity index (χ1n) is 8.31. The molecule has 6 unspecified atom stereocenters. The van der Waals surface area contributed by atoms with Gasteiger partial charge in [0.05, 0.1) is 18.0 Å². The van der Waals surface area contributed by atoms with Gasteiger partial charge >= 0.3 is 7.80 Å². The predicted octanol–water partition coefficient (Wildman–Crippen LogP) is 0.894. The van der Waals surface area contributed by atoms with Crippen molar-refractivity contribution < 1.29 is 23.7 Å². The Balaban J connectivity index is 0.00000364. The SMILES string of the molecule is CCOSC(C)C[P+](=O)CCC1OC(n2cnc(C(=N)N)n2)C(O)C1O.Cl. The third-order valence-corrected chi connectivity index (χ3v) is 6.65. The van der Waals surface area contributed by atoms with Crippen LogP contribution in [0.25, 0.3) is 0 Å². The summed E-state index contributed by atoms with van der Waals surface area (Å²) < 4.78 is 24.3. The molecule has 2 heterocycles. The largest absolute Gasteiger partial charge is 0.388 e. The summed E-state index contributed by atoms with van der Waals surface area (Å²) in [7, 11) is -1.46. The van der Waals surface area contributed by atoms with Gasteiger partial charge in [0, 0.05) is 6.42 Å². The molecule has 1 aromatic heterocycles. The van der Waals surface area contributed by atoms with Crippen LogP contribution in [0.2, 0.25) is 0 Å². The molecular weight excluding hydrogens is 417 g/mol. The molecule has 0 aromatic carbocycles. The molecule has 0 aliphatic carbocycles. The quantitative estimate of drug-likeness (QED) is 0.179. The second kappa shape index (κ2) is 11.3. The Bertz CT molecular complexity index is 639. The van der Waals surface area contributed by atoms with Gasteiger partial charge in [-0.05, 0) is 25.9 Å². The fourth-order valence-electron chi connectivity index (χ4n) is 2.57. The number of nitrogens with one attached hydrogen (secondary N) is 1. The maximum absolute atomic E-state index is 12.2. The normalized spacial score (nSPS) is 26.4. The molecular formula is C14H26ClN5O5PS+. The molecule has 6 atom stereocenters. The summed E-state index contributed by atoms with van der Waals surface area (Å²) in [4.78, 5) is 3.84. The van der Waals surface area contributed by atoms with E-state index in [9.17, 15) is 14.8 Å². The molecule has 2 rings (SSSR count). The minimum absolute atomic E-state index is 0. The Hall–Kier alpha value is -0.810. The molecule has 0 spiro atoms. The second-order valence-corrected chi connectivity index (χ2v) is 9.01. The molecule has 27 heavy (non-hydrogen) atoms. The third-order valence-electron chi connectivity index (χ3n) is 3.82. The van der Waals surface area contributed by atoms with E-state index in [1.807, 2.05) is 13.8 Å². The van der Waals surface area contributed by atoms with Gasteiger partial charge in [0.1, 0.15) is 24.7 Å². The van der Waals surface area contributed by atoms with Crippen LogP contribution in [0.1, 0.15) is 32.3 Å². The zero-order valence-electron chi connectivity index (χ0n) is 15.1. The number of nitrogens with two attached hydrogens (primary N) is 1. The number of aliphatic hydroxyl groups excluding tert-OH is 2. The van der Waals surface area contributed by atoms with E-state index in [1.54, 1.807) is 0 Å². The highest BCUT2D eigenvalue weighted by atomic mass is 35.5. The Morgan fingerprint density at radius 3 is 2.85 bits per heavy atom. The van der Waals surface area contributed by atoms with Gasteiger partial charge in [0.2, 0.25) is 5.82 Å². The van der Waals surface area contributed by atoms with Crippen molar-refractivity contribution in [1.29, 1.82) is 5.41 Å². The fraction of sp³-hybridized carbons (Fsp3) is 0.786. The monoisotopic (exact) mass is 442 g/mol. The highest BCUT2D eigenvalue weighted by Gasteiger charge is 2.45. The first-order chi connectivity index (χ1) is 12.3. The van der Waals surface area contributed by atoms with E-state index >= 15 is 0 Å². The summed E-state index contributed by atoms with van der Waals surface area (Å²) in [5, 5.41) is 31.8. The average molecular weight is 443 g/mol. The van der Waals surface area contributed by atoms with Crippen LogP contribution in [0.5, 0.6) is 0 Å². The van der Waals surface area contributed by atoms with Gasteiger partial charge in [-0.15, -0.1) is 17.5 Å². The summed E-state index contributed by atoms with van der Waals surface area (Å²) in [5.74, 6) is -0.285. The first kappa shape index (κ1) is 24.2. The van der Waals surface area contributed by atoms with Gasteiger partial charge in [-0.2, -0.15) is 0 Å². The van der Waals surface area contributed by atoms with Crippen molar-refractivity contribution in [2.45, 2.75) is 50.1 Å². The fourth-order valence-corrected chi connectivity index (χ4v) is 4.98. The third kappa shape index (κ3) is 6.63. The molecule has 1 aliphatic heterocycles. The number of amidine groups is 1. The number of halogens is 1. The molecule has 154 valence electrons. The summed E-state index contributed by atoms with van der Waals surface area (Å²) in [6.07, 6.45) is -1.38. The maximum Gasteiger partial charge on any atom is 0.340 e. The van der Waals surface area contributed by atoms with Crippen LogP contribution in [0, 0.1) is 5.41 Å². The summed E-state index contributed by atoms with van der Waals surface area (Å²) >= 11 is 1.32. The number of nitrogen functional groups attached to an aromatic ring is 1. The van der Waals surface area contributed by atoms with Crippen molar-refractivity contribution in [2.75, 3.05) is 18.9 Å². The summed E-state index contributed by atoms with van der Waals surface area (Å²) in [6.45, 7) is 4.45. The van der Waals surface area contributed by atoms with Crippen molar-refractivity contribution in [3.63, 3.8) is 0 Å². The molecule has 1 aromatic rings. The average Bonchev–Trinajstić information content (AvgIpc) is 3.18. The molecule has 0 radical (unpaired) electrons. The lowest BCUT2D eigenvalue weighted by Crippen LogP contribution is -2.32. The Morgan fingerprint density at radius 1 is 1.56 bits per heavy atom. The van der Waals surface area contributed by atoms with Gasteiger partial charge in [-0.3, -0.25) is 5.41 Å². The maximum atomic E-state index is 12.2. The smallest absolute Gasteiger partial charge is 0.340 e. The molecule has 1 saturated heterocycles. The van der Waals surface area contributed by atoms with Crippen LogP contribution >= 0.6 is 32.3 Å². The standard InChI is InChI=1S/C14H25N5O5PS.ClH/c1-3-23-26-8(2)6-25(22)5-4-9-10(20)11(21)14(24-9)19-7-17-13(18-19)12(15)16;/h7-11,14,20-21H,3-6H2,1-2H3,(H3,15,16);1H/q+1;. The first-order valence-corrected chi connectivity index (χ1v) is 10.7. The zero-order valence-corrected chi connectivity index (χ0v) is 17.6. The van der Waals surface area contributed by atoms with Crippen molar-refractivity contribution in [2.24, 2.45) is 5.73 Å². The molecule has 10 nitrogen and oxygen atoms in total. The van der Waals surface area contributed by atoms with E-state index in [0.717, 1.165) is 0 Å². The predicted molar refractivity (Wildman–Crippen MR) is 105 cm³/mol. The van der Waals surface area contributed by atoms with Crippen LogP contribution in [-0.4, -0.2) is 73.3 Å². The minimum Gasteiger partial charge on any atom is -0.388 e. The van der Waals surface area contributed by atoms with E-state index in [4.69, 9.17) is 20.1 Å². The number of hydrogen-bond acceptors (Lipinski definition) is 9. The van der Waals surface area contributed by atoms with Crippen LogP contribution < -0.4 is 5.73 Å². The number of rotatable bonds is 10. The van der Waals surface area contributed by atoms with E-state index in [2.05, 4.69) is 10.1 Å². The van der Waals surface area contributed by atoms with E-state index in [-0.39, 0.29) is 29.3 Å². The lowest BCUT2D eigenvalue weighted by molar-refractivity contribution is -0.0449. The van der Waals surface area contributed by atoms with Crippen molar-refractivity contribution >= 4 is 38.1 Å². The van der Waals surface area contributed by atoms with Crippen LogP contribution in [0.4, 0.5) is 0 Å². The highest BCUT2D eigenvalue weighted by molar-refractivity contribution is 7.95. The van der Waals surface area contributed by atoms with Gasteiger partial charge in [0.25, 0.3) is 0 Å². The topological polar surface area (TPSA) is 157 Å². The highest BCUT2D eigenvalue weighted by Crippen LogP contribution is 2.34.